The monoisotopic (exact) mass is 348 g/mol. The van der Waals surface area contributed by atoms with Gasteiger partial charge in [0.15, 0.2) is 9.84 Å². The van der Waals surface area contributed by atoms with Crippen LogP contribution in [0.3, 0.4) is 0 Å². The van der Waals surface area contributed by atoms with E-state index >= 15 is 0 Å². The summed E-state index contributed by atoms with van der Waals surface area (Å²) in [6, 6.07) is 11.6. The number of benzene rings is 2. The molecule has 128 valence electrons. The van der Waals surface area contributed by atoms with E-state index in [0.717, 1.165) is 5.56 Å². The van der Waals surface area contributed by atoms with Gasteiger partial charge in [-0.15, -0.1) is 0 Å². The van der Waals surface area contributed by atoms with Crippen LogP contribution in [0.25, 0.3) is 0 Å². The number of hydrogen-bond donors (Lipinski definition) is 0. The van der Waals surface area contributed by atoms with Gasteiger partial charge in [0.1, 0.15) is 11.3 Å². The topological polar surface area (TPSA) is 69.7 Å². The van der Waals surface area contributed by atoms with Crippen LogP contribution in [0.1, 0.15) is 28.4 Å². The summed E-state index contributed by atoms with van der Waals surface area (Å²) in [5, 5.41) is 0. The van der Waals surface area contributed by atoms with Crippen molar-refractivity contribution in [2.45, 2.75) is 24.0 Å². The fourth-order valence-corrected chi connectivity index (χ4v) is 3.93. The van der Waals surface area contributed by atoms with Crippen LogP contribution in [0, 0.1) is 0 Å². The molecule has 0 N–H and O–H groups in total. The van der Waals surface area contributed by atoms with Crippen LogP contribution in [0.5, 0.6) is 5.75 Å². The van der Waals surface area contributed by atoms with Gasteiger partial charge in [-0.3, -0.25) is 0 Å². The van der Waals surface area contributed by atoms with Crippen molar-refractivity contribution in [1.29, 1.82) is 0 Å². The van der Waals surface area contributed by atoms with E-state index in [1.165, 1.54) is 26.4 Å². The zero-order chi connectivity index (χ0) is 17.7. The first-order valence-electron chi connectivity index (χ1n) is 7.49. The van der Waals surface area contributed by atoms with E-state index in [1.54, 1.807) is 30.3 Å². The van der Waals surface area contributed by atoms with Gasteiger partial charge in [0, 0.05) is 0 Å². The maximum atomic E-state index is 12.6. The van der Waals surface area contributed by atoms with Crippen molar-refractivity contribution in [3.63, 3.8) is 0 Å². The molecule has 0 fully saturated rings. The third-order valence-electron chi connectivity index (χ3n) is 3.75. The molecule has 0 saturated heterocycles. The molecule has 0 radical (unpaired) electrons. The highest BCUT2D eigenvalue weighted by molar-refractivity contribution is 7.90. The van der Waals surface area contributed by atoms with E-state index < -0.39 is 15.8 Å². The van der Waals surface area contributed by atoms with Gasteiger partial charge in [0.25, 0.3) is 0 Å². The molecule has 0 aromatic heterocycles. The van der Waals surface area contributed by atoms with E-state index in [1.807, 2.05) is 6.92 Å². The second-order valence-corrected chi connectivity index (χ2v) is 7.20. The summed E-state index contributed by atoms with van der Waals surface area (Å²) < 4.78 is 35.4. The number of sulfone groups is 1. The Morgan fingerprint density at radius 3 is 2.17 bits per heavy atom. The molecule has 2 aromatic carbocycles. The van der Waals surface area contributed by atoms with Crippen molar-refractivity contribution in [3.05, 3.63) is 59.2 Å². The van der Waals surface area contributed by atoms with Crippen molar-refractivity contribution >= 4 is 15.8 Å². The predicted molar refractivity (Wildman–Crippen MR) is 91.0 cm³/mol. The number of hydrogen-bond acceptors (Lipinski definition) is 5. The predicted octanol–water partition coefficient (Wildman–Crippen LogP) is 3.02. The summed E-state index contributed by atoms with van der Waals surface area (Å²) in [6.45, 7) is 1.93. The van der Waals surface area contributed by atoms with Gasteiger partial charge < -0.3 is 9.47 Å². The van der Waals surface area contributed by atoms with Crippen molar-refractivity contribution < 1.29 is 22.7 Å². The minimum absolute atomic E-state index is 0.166. The molecule has 2 rings (SSSR count). The molecule has 0 aliphatic rings. The van der Waals surface area contributed by atoms with E-state index in [-0.39, 0.29) is 16.2 Å². The zero-order valence-electron chi connectivity index (χ0n) is 13.9. The second-order valence-electron chi connectivity index (χ2n) is 5.21. The van der Waals surface area contributed by atoms with Crippen molar-refractivity contribution in [1.82, 2.24) is 0 Å². The molecule has 0 aliphatic heterocycles. The Morgan fingerprint density at radius 1 is 1.00 bits per heavy atom. The molecular weight excluding hydrogens is 328 g/mol. The molecule has 0 amide bonds. The number of carbonyl (C=O) groups excluding carboxylic acids is 1. The van der Waals surface area contributed by atoms with Gasteiger partial charge in [0.05, 0.1) is 24.9 Å². The Bertz CT molecular complexity index is 826. The molecule has 24 heavy (non-hydrogen) atoms. The number of rotatable bonds is 6. The van der Waals surface area contributed by atoms with Crippen molar-refractivity contribution in [2.24, 2.45) is 0 Å². The summed E-state index contributed by atoms with van der Waals surface area (Å²) in [6.07, 6.45) is 0.652. The number of methoxy groups -OCH3 is 2. The largest absolute Gasteiger partial charge is 0.496 e. The lowest BCUT2D eigenvalue weighted by Gasteiger charge is -2.16. The summed E-state index contributed by atoms with van der Waals surface area (Å²) in [4.78, 5) is 12.4. The van der Waals surface area contributed by atoms with Gasteiger partial charge in [-0.25, -0.2) is 13.2 Å². The first-order chi connectivity index (χ1) is 11.4. The SMILES string of the molecule is CCc1ccc(CS(=O)(=O)c2ccccc2)c(C(=O)OC)c1OC. The first kappa shape index (κ1) is 18.0. The Morgan fingerprint density at radius 2 is 1.62 bits per heavy atom. The lowest BCUT2D eigenvalue weighted by molar-refractivity contribution is 0.0596. The molecule has 2 aromatic rings. The lowest BCUT2D eigenvalue weighted by Crippen LogP contribution is -2.13. The second kappa shape index (κ2) is 7.49. The smallest absolute Gasteiger partial charge is 0.341 e. The maximum Gasteiger partial charge on any atom is 0.341 e. The Kier molecular flexibility index (Phi) is 5.62. The number of esters is 1. The molecule has 0 saturated carbocycles. The van der Waals surface area contributed by atoms with Gasteiger partial charge >= 0.3 is 5.97 Å². The van der Waals surface area contributed by atoms with Crippen LogP contribution in [-0.2, 0) is 26.7 Å². The maximum absolute atomic E-state index is 12.6. The van der Waals surface area contributed by atoms with Gasteiger partial charge in [-0.2, -0.15) is 0 Å². The Balaban J connectivity index is 2.56. The van der Waals surface area contributed by atoms with E-state index in [4.69, 9.17) is 9.47 Å². The number of ether oxygens (including phenoxy) is 2. The van der Waals surface area contributed by atoms with E-state index in [0.29, 0.717) is 17.7 Å². The minimum Gasteiger partial charge on any atom is -0.496 e. The van der Waals surface area contributed by atoms with E-state index in [2.05, 4.69) is 0 Å². The lowest BCUT2D eigenvalue weighted by atomic mass is 10.0. The van der Waals surface area contributed by atoms with Crippen molar-refractivity contribution in [2.75, 3.05) is 14.2 Å². The summed E-state index contributed by atoms with van der Waals surface area (Å²) in [5.74, 6) is -0.549. The Labute approximate surface area is 142 Å². The molecular formula is C18H20O5S. The van der Waals surface area contributed by atoms with Crippen LogP contribution >= 0.6 is 0 Å². The first-order valence-corrected chi connectivity index (χ1v) is 9.14. The zero-order valence-corrected chi connectivity index (χ0v) is 14.7. The van der Waals surface area contributed by atoms with Gasteiger partial charge in [0.2, 0.25) is 0 Å². The normalized spacial score (nSPS) is 11.1. The fraction of sp³-hybridized carbons (Fsp3) is 0.278. The number of aryl methyl sites for hydroxylation is 1. The Hall–Kier alpha value is -2.34. The average molecular weight is 348 g/mol. The van der Waals surface area contributed by atoms with Crippen LogP contribution in [0.2, 0.25) is 0 Å². The summed E-state index contributed by atoms with van der Waals surface area (Å²) in [7, 11) is -0.871. The third kappa shape index (κ3) is 3.59. The molecule has 5 nitrogen and oxygen atoms in total. The third-order valence-corrected chi connectivity index (χ3v) is 5.43. The minimum atomic E-state index is -3.59. The highest BCUT2D eigenvalue weighted by Gasteiger charge is 2.25. The molecule has 0 unspecified atom stereocenters. The van der Waals surface area contributed by atoms with Crippen LogP contribution < -0.4 is 4.74 Å². The van der Waals surface area contributed by atoms with Crippen LogP contribution in [-0.4, -0.2) is 28.6 Å². The van der Waals surface area contributed by atoms with Gasteiger partial charge in [-0.1, -0.05) is 37.3 Å². The van der Waals surface area contributed by atoms with Crippen LogP contribution in [0.15, 0.2) is 47.4 Å². The molecule has 0 spiro atoms. The standard InChI is InChI=1S/C18H20O5S/c1-4-13-10-11-14(16(17(13)22-2)18(19)23-3)12-24(20,21)15-8-6-5-7-9-15/h5-11H,4,12H2,1-3H3. The van der Waals surface area contributed by atoms with Gasteiger partial charge in [-0.05, 0) is 29.7 Å². The molecule has 0 bridgehead atoms. The summed E-state index contributed by atoms with van der Waals surface area (Å²) in [5.41, 5.74) is 1.34. The molecule has 0 atom stereocenters. The number of carbonyl (C=O) groups is 1. The van der Waals surface area contributed by atoms with Crippen LogP contribution in [0.4, 0.5) is 0 Å². The molecule has 6 heteroatoms. The highest BCUT2D eigenvalue weighted by Crippen LogP contribution is 2.30. The quantitative estimate of drug-likeness (QED) is 0.751. The highest BCUT2D eigenvalue weighted by atomic mass is 32.2. The summed E-state index contributed by atoms with van der Waals surface area (Å²) >= 11 is 0. The van der Waals surface area contributed by atoms with E-state index in [9.17, 15) is 13.2 Å². The fourth-order valence-electron chi connectivity index (χ4n) is 2.54. The molecule has 0 aliphatic carbocycles. The average Bonchev–Trinajstić information content (AvgIpc) is 2.61. The molecule has 0 heterocycles. The van der Waals surface area contributed by atoms with Crippen molar-refractivity contribution in [3.8, 4) is 5.75 Å².